The fourth-order valence-electron chi connectivity index (χ4n) is 3.08. The molecule has 2 saturated carbocycles. The lowest BCUT2D eigenvalue weighted by atomic mass is 9.66. The Hall–Kier alpha value is -0.520. The molecular weight excluding hydrogens is 156 g/mol. The molecule has 3 aliphatic rings. The molecule has 0 bridgehead atoms. The first-order valence-corrected chi connectivity index (χ1v) is 5.57. The highest BCUT2D eigenvalue weighted by Gasteiger charge is 2.35. The van der Waals surface area contributed by atoms with Gasteiger partial charge in [-0.3, -0.25) is 0 Å². The third kappa shape index (κ3) is 1.27. The Morgan fingerprint density at radius 3 is 3.15 bits per heavy atom. The molecule has 0 aromatic rings. The molecule has 0 aliphatic heterocycles. The predicted molar refractivity (Wildman–Crippen MR) is 54.0 cm³/mol. The summed E-state index contributed by atoms with van der Waals surface area (Å²) in [6, 6.07) is 0. The van der Waals surface area contributed by atoms with Gasteiger partial charge in [-0.25, -0.2) is 0 Å². The van der Waals surface area contributed by atoms with Gasteiger partial charge in [0.1, 0.15) is 0 Å². The first kappa shape index (κ1) is 7.84. The maximum Gasteiger partial charge on any atom is 0.00543 e. The highest BCUT2D eigenvalue weighted by atomic mass is 14.4. The van der Waals surface area contributed by atoms with Crippen molar-refractivity contribution in [2.45, 2.75) is 32.1 Å². The Morgan fingerprint density at radius 2 is 2.15 bits per heavy atom. The Bertz CT molecular complexity index is 259. The molecule has 0 heterocycles. The molecule has 0 spiro atoms. The van der Waals surface area contributed by atoms with Gasteiger partial charge >= 0.3 is 0 Å². The molecule has 3 rings (SSSR count). The predicted octanol–water partition coefficient (Wildman–Crippen LogP) is 3.39. The normalized spacial score (nSPS) is 42.5. The third-order valence-electron chi connectivity index (χ3n) is 3.81. The van der Waals surface area contributed by atoms with Crippen molar-refractivity contribution in [2.24, 2.45) is 17.8 Å². The summed E-state index contributed by atoms with van der Waals surface area (Å²) in [5.41, 5.74) is 1.63. The number of allylic oxidation sites excluding steroid dienone is 4. The summed E-state index contributed by atoms with van der Waals surface area (Å²) >= 11 is 0. The van der Waals surface area contributed by atoms with E-state index in [1.807, 2.05) is 0 Å². The molecule has 0 amide bonds. The smallest absolute Gasteiger partial charge is 0.00543 e. The van der Waals surface area contributed by atoms with Crippen LogP contribution in [0.4, 0.5) is 0 Å². The van der Waals surface area contributed by atoms with Crippen LogP contribution in [0.1, 0.15) is 32.1 Å². The first-order chi connectivity index (χ1) is 6.43. The van der Waals surface area contributed by atoms with Crippen LogP contribution in [0.2, 0.25) is 0 Å². The van der Waals surface area contributed by atoms with Crippen LogP contribution >= 0.6 is 0 Å². The fraction of sp³-hybridized carbons (Fsp3) is 0.615. The number of hydrogen-bond acceptors (Lipinski definition) is 0. The van der Waals surface area contributed by atoms with Crippen molar-refractivity contribution in [3.8, 4) is 0 Å². The van der Waals surface area contributed by atoms with Gasteiger partial charge in [-0.05, 0) is 37.5 Å². The summed E-state index contributed by atoms with van der Waals surface area (Å²) < 4.78 is 0. The summed E-state index contributed by atoms with van der Waals surface area (Å²) in [5, 5.41) is 0. The van der Waals surface area contributed by atoms with Crippen LogP contribution in [-0.2, 0) is 0 Å². The van der Waals surface area contributed by atoms with Crippen molar-refractivity contribution in [3.63, 3.8) is 0 Å². The molecule has 0 aromatic heterocycles. The molecule has 0 nitrogen and oxygen atoms in total. The van der Waals surface area contributed by atoms with Crippen molar-refractivity contribution >= 4 is 0 Å². The molecule has 68 valence electrons. The average molecular weight is 172 g/mol. The van der Waals surface area contributed by atoms with Gasteiger partial charge in [0.15, 0.2) is 0 Å². The second kappa shape index (κ2) is 3.01. The molecule has 0 N–H and O–H groups in total. The van der Waals surface area contributed by atoms with Crippen LogP contribution in [-0.4, -0.2) is 0 Å². The Morgan fingerprint density at radius 1 is 1.23 bits per heavy atom. The summed E-state index contributed by atoms with van der Waals surface area (Å²) in [6.07, 6.45) is 17.7. The van der Waals surface area contributed by atoms with Crippen molar-refractivity contribution in [1.29, 1.82) is 0 Å². The van der Waals surface area contributed by atoms with Gasteiger partial charge in [-0.2, -0.15) is 0 Å². The van der Waals surface area contributed by atoms with Crippen molar-refractivity contribution in [3.05, 3.63) is 30.2 Å². The van der Waals surface area contributed by atoms with Gasteiger partial charge in [0.25, 0.3) is 0 Å². The lowest BCUT2D eigenvalue weighted by Crippen LogP contribution is -2.28. The monoisotopic (exact) mass is 172 g/mol. The molecule has 2 fully saturated rings. The van der Waals surface area contributed by atoms with E-state index in [9.17, 15) is 0 Å². The van der Waals surface area contributed by atoms with Gasteiger partial charge in [0.2, 0.25) is 0 Å². The van der Waals surface area contributed by atoms with Crippen LogP contribution in [0.15, 0.2) is 23.8 Å². The number of hydrogen-bond donors (Lipinski definition) is 0. The van der Waals surface area contributed by atoms with Crippen LogP contribution in [0.25, 0.3) is 0 Å². The van der Waals surface area contributed by atoms with Gasteiger partial charge in [0.05, 0.1) is 0 Å². The van der Waals surface area contributed by atoms with Gasteiger partial charge in [-0.15, -0.1) is 0 Å². The maximum atomic E-state index is 3.76. The van der Waals surface area contributed by atoms with E-state index < -0.39 is 0 Å². The Labute approximate surface area is 80.7 Å². The largest absolute Gasteiger partial charge is 0.0767 e. The van der Waals surface area contributed by atoms with Gasteiger partial charge < -0.3 is 0 Å². The third-order valence-corrected chi connectivity index (χ3v) is 3.81. The van der Waals surface area contributed by atoms with Gasteiger partial charge in [-0.1, -0.05) is 36.6 Å². The standard InChI is InChI=1S/C13H16/c1-2-5-11-9-13-7-3-6-12(13)8-10(11)4-1/h3,6-7,10-11,13H,1-2,4-5,8H2. The van der Waals surface area contributed by atoms with Crippen molar-refractivity contribution < 1.29 is 0 Å². The van der Waals surface area contributed by atoms with E-state index in [0.717, 1.165) is 11.8 Å². The highest BCUT2D eigenvalue weighted by Crippen LogP contribution is 2.46. The van der Waals surface area contributed by atoms with E-state index in [-0.39, 0.29) is 0 Å². The number of fused-ring (bicyclic) bond motifs is 2. The molecule has 0 heteroatoms. The number of rotatable bonds is 0. The lowest BCUT2D eigenvalue weighted by molar-refractivity contribution is 0.233. The summed E-state index contributed by atoms with van der Waals surface area (Å²) in [5.74, 6) is 2.36. The SMILES string of the molecule is [C]1C2C=CC=C2CC2CCCCC12. The van der Waals surface area contributed by atoms with Gasteiger partial charge in [0, 0.05) is 5.92 Å². The molecule has 3 aliphatic carbocycles. The maximum absolute atomic E-state index is 3.76. The average Bonchev–Trinajstić information content (AvgIpc) is 2.61. The molecule has 3 atom stereocenters. The Balaban J connectivity index is 1.79. The zero-order valence-electron chi connectivity index (χ0n) is 8.00. The molecule has 0 aromatic carbocycles. The minimum absolute atomic E-state index is 0.597. The molecule has 13 heavy (non-hydrogen) atoms. The Kier molecular flexibility index (Phi) is 1.81. The van der Waals surface area contributed by atoms with E-state index >= 15 is 0 Å². The molecular formula is C13H16. The lowest BCUT2D eigenvalue weighted by Gasteiger charge is -2.38. The summed E-state index contributed by atoms with van der Waals surface area (Å²) in [6.45, 7) is 0. The summed E-state index contributed by atoms with van der Waals surface area (Å²) in [4.78, 5) is 0. The van der Waals surface area contributed by atoms with Crippen LogP contribution < -0.4 is 0 Å². The van der Waals surface area contributed by atoms with E-state index in [0.29, 0.717) is 5.92 Å². The minimum Gasteiger partial charge on any atom is -0.0767 e. The van der Waals surface area contributed by atoms with E-state index in [2.05, 4.69) is 24.6 Å². The quantitative estimate of drug-likeness (QED) is 0.525. The second-order valence-corrected chi connectivity index (χ2v) is 4.63. The summed E-state index contributed by atoms with van der Waals surface area (Å²) in [7, 11) is 0. The van der Waals surface area contributed by atoms with Crippen molar-refractivity contribution in [1.82, 2.24) is 0 Å². The second-order valence-electron chi connectivity index (χ2n) is 4.63. The van der Waals surface area contributed by atoms with Crippen molar-refractivity contribution in [2.75, 3.05) is 0 Å². The molecule has 0 saturated heterocycles. The van der Waals surface area contributed by atoms with Crippen LogP contribution in [0.5, 0.6) is 0 Å². The van der Waals surface area contributed by atoms with E-state index in [1.54, 1.807) is 5.57 Å². The highest BCUT2D eigenvalue weighted by molar-refractivity contribution is 5.33. The topological polar surface area (TPSA) is 0 Å². The van der Waals surface area contributed by atoms with Crippen LogP contribution in [0.3, 0.4) is 0 Å². The minimum atomic E-state index is 0.597. The molecule has 2 radical (unpaired) electrons. The fourth-order valence-corrected chi connectivity index (χ4v) is 3.08. The molecule has 3 unspecified atom stereocenters. The zero-order chi connectivity index (χ0) is 8.67. The van der Waals surface area contributed by atoms with E-state index in [4.69, 9.17) is 0 Å². The van der Waals surface area contributed by atoms with E-state index in [1.165, 1.54) is 32.1 Å². The first-order valence-electron chi connectivity index (χ1n) is 5.57. The zero-order valence-corrected chi connectivity index (χ0v) is 8.00. The van der Waals surface area contributed by atoms with Crippen LogP contribution in [0, 0.1) is 24.2 Å².